The quantitative estimate of drug-likeness (QED) is 0.562. The van der Waals surface area contributed by atoms with Crippen molar-refractivity contribution >= 4 is 0 Å². The zero-order valence-electron chi connectivity index (χ0n) is 17.3. The monoisotopic (exact) mass is 406 g/mol. The summed E-state index contributed by atoms with van der Waals surface area (Å²) in [6.07, 6.45) is 8.07. The largest absolute Gasteiger partial charge is 0.481 e. The van der Waals surface area contributed by atoms with Crippen LogP contribution in [-0.4, -0.2) is 55.6 Å². The fraction of sp³-hybridized carbons (Fsp3) is 0.458. The summed E-state index contributed by atoms with van der Waals surface area (Å²) in [5, 5.41) is 0. The zero-order chi connectivity index (χ0) is 20.3. The second-order valence-electron chi connectivity index (χ2n) is 8.72. The molecule has 1 fully saturated rings. The molecule has 4 aliphatic rings. The highest BCUT2D eigenvalue weighted by atomic mass is 16.7. The molecule has 6 heteroatoms. The van der Waals surface area contributed by atoms with Gasteiger partial charge in [-0.2, -0.15) is 0 Å². The maximum atomic E-state index is 6.72. The van der Waals surface area contributed by atoms with Gasteiger partial charge in [-0.15, -0.1) is 0 Å². The number of rotatable bonds is 5. The lowest BCUT2D eigenvalue weighted by Gasteiger charge is -2.56. The van der Waals surface area contributed by atoms with Crippen molar-refractivity contribution in [1.82, 2.24) is 9.88 Å². The van der Waals surface area contributed by atoms with Crippen LogP contribution < -0.4 is 14.2 Å². The van der Waals surface area contributed by atoms with Crippen molar-refractivity contribution in [3.63, 3.8) is 0 Å². The number of aromatic nitrogens is 1. The van der Waals surface area contributed by atoms with E-state index in [1.165, 1.54) is 11.1 Å². The summed E-state index contributed by atoms with van der Waals surface area (Å²) in [6, 6.07) is 10.5. The molecule has 6 rings (SSSR count). The molecular weight excluding hydrogens is 380 g/mol. The molecule has 2 bridgehead atoms. The van der Waals surface area contributed by atoms with Gasteiger partial charge in [0.2, 0.25) is 5.88 Å². The van der Waals surface area contributed by atoms with E-state index in [4.69, 9.17) is 18.9 Å². The summed E-state index contributed by atoms with van der Waals surface area (Å²) in [5.74, 6) is 2.65. The maximum absolute atomic E-state index is 6.72. The average molecular weight is 406 g/mol. The van der Waals surface area contributed by atoms with Crippen molar-refractivity contribution in [3.8, 4) is 17.4 Å². The van der Waals surface area contributed by atoms with Gasteiger partial charge >= 0.3 is 0 Å². The molecule has 2 unspecified atom stereocenters. The van der Waals surface area contributed by atoms with Crippen molar-refractivity contribution in [3.05, 3.63) is 59.8 Å². The Morgan fingerprint density at radius 2 is 2.17 bits per heavy atom. The summed E-state index contributed by atoms with van der Waals surface area (Å²) < 4.78 is 24.1. The van der Waals surface area contributed by atoms with Crippen LogP contribution in [0.1, 0.15) is 17.5 Å². The van der Waals surface area contributed by atoms with E-state index in [0.29, 0.717) is 17.8 Å². The Morgan fingerprint density at radius 1 is 1.23 bits per heavy atom. The molecule has 1 saturated heterocycles. The van der Waals surface area contributed by atoms with Gasteiger partial charge in [-0.05, 0) is 50.2 Å². The molecule has 0 N–H and O–H groups in total. The van der Waals surface area contributed by atoms with Crippen LogP contribution in [0.4, 0.5) is 0 Å². The van der Waals surface area contributed by atoms with Gasteiger partial charge in [0.15, 0.2) is 24.4 Å². The Morgan fingerprint density at radius 3 is 3.00 bits per heavy atom. The first-order chi connectivity index (χ1) is 14.7. The van der Waals surface area contributed by atoms with E-state index >= 15 is 0 Å². The SMILES string of the molecule is COCOc1ccc2c3c1OC1C(Oc4ccccn4)C=C[C@H]4[C@@H](C2)N(C)CC[C@]314. The van der Waals surface area contributed by atoms with Crippen LogP contribution in [0.5, 0.6) is 17.4 Å². The molecule has 0 saturated carbocycles. The third-order valence-corrected chi connectivity index (χ3v) is 7.34. The van der Waals surface area contributed by atoms with Gasteiger partial charge in [0.05, 0.1) is 0 Å². The number of likely N-dealkylation sites (N-methyl/N-ethyl adjacent to an activating group) is 1. The summed E-state index contributed by atoms with van der Waals surface area (Å²) in [7, 11) is 3.88. The van der Waals surface area contributed by atoms with Crippen LogP contribution in [-0.2, 0) is 16.6 Å². The molecular formula is C24H26N2O4. The van der Waals surface area contributed by atoms with E-state index in [1.54, 1.807) is 13.3 Å². The smallest absolute Gasteiger partial charge is 0.213 e. The number of hydrogen-bond acceptors (Lipinski definition) is 6. The van der Waals surface area contributed by atoms with Gasteiger partial charge in [0, 0.05) is 42.3 Å². The molecule has 30 heavy (non-hydrogen) atoms. The highest BCUT2D eigenvalue weighted by Gasteiger charge is 2.65. The second-order valence-corrected chi connectivity index (χ2v) is 8.72. The molecule has 6 nitrogen and oxygen atoms in total. The number of ether oxygens (including phenoxy) is 4. The molecule has 0 radical (unpaired) electrons. The van der Waals surface area contributed by atoms with Crippen molar-refractivity contribution < 1.29 is 18.9 Å². The Balaban J connectivity index is 1.48. The number of pyridine rings is 1. The fourth-order valence-electron chi connectivity index (χ4n) is 6.10. The molecule has 2 aromatic rings. The summed E-state index contributed by atoms with van der Waals surface area (Å²) in [6.45, 7) is 1.25. The predicted octanol–water partition coefficient (Wildman–Crippen LogP) is 2.96. The van der Waals surface area contributed by atoms with Crippen molar-refractivity contribution in [2.75, 3.05) is 27.5 Å². The van der Waals surface area contributed by atoms with Crippen molar-refractivity contribution in [2.24, 2.45) is 5.92 Å². The zero-order valence-corrected chi connectivity index (χ0v) is 17.3. The number of piperidine rings is 1. The summed E-state index contributed by atoms with van der Waals surface area (Å²) in [5.41, 5.74) is 2.60. The topological polar surface area (TPSA) is 53.1 Å². The van der Waals surface area contributed by atoms with E-state index in [9.17, 15) is 0 Å². The van der Waals surface area contributed by atoms with Crippen LogP contribution in [0.3, 0.4) is 0 Å². The number of hydrogen-bond donors (Lipinski definition) is 0. The average Bonchev–Trinajstić information content (AvgIpc) is 3.12. The lowest BCUT2D eigenvalue weighted by atomic mass is 9.53. The molecule has 0 amide bonds. The summed E-state index contributed by atoms with van der Waals surface area (Å²) in [4.78, 5) is 6.88. The van der Waals surface area contributed by atoms with Gasteiger partial charge in [-0.25, -0.2) is 4.98 Å². The fourth-order valence-corrected chi connectivity index (χ4v) is 6.10. The summed E-state index contributed by atoms with van der Waals surface area (Å²) >= 11 is 0. The van der Waals surface area contributed by atoms with Crippen LogP contribution >= 0.6 is 0 Å². The Bertz CT molecular complexity index is 994. The van der Waals surface area contributed by atoms with Gasteiger partial charge < -0.3 is 23.8 Å². The molecule has 156 valence electrons. The van der Waals surface area contributed by atoms with Gasteiger partial charge in [-0.3, -0.25) is 0 Å². The van der Waals surface area contributed by atoms with Gasteiger partial charge in [-0.1, -0.05) is 18.2 Å². The Labute approximate surface area is 176 Å². The van der Waals surface area contributed by atoms with E-state index in [2.05, 4.69) is 35.1 Å². The van der Waals surface area contributed by atoms with Crippen LogP contribution in [0.15, 0.2) is 48.7 Å². The van der Waals surface area contributed by atoms with Crippen LogP contribution in [0.2, 0.25) is 0 Å². The number of methoxy groups -OCH3 is 1. The minimum absolute atomic E-state index is 0.0965. The standard InChI is InChI=1S/C24H26N2O4/c1-26-12-10-24-16-7-9-19(29-20-5-3-4-11-25-20)23(24)30-22-18(28-14-27-2)8-6-15(21(22)24)13-17(16)26/h3-9,11,16-17,19,23H,10,12-14H2,1-2H3/t16-,17+,19?,23?,24-/m0/s1. The first-order valence-corrected chi connectivity index (χ1v) is 10.6. The van der Waals surface area contributed by atoms with E-state index in [-0.39, 0.29) is 24.4 Å². The number of benzene rings is 1. The normalized spacial score (nSPS) is 33.0. The molecule has 3 heterocycles. The predicted molar refractivity (Wildman–Crippen MR) is 111 cm³/mol. The molecule has 2 aliphatic carbocycles. The number of likely N-dealkylation sites (tertiary alicyclic amines) is 1. The van der Waals surface area contributed by atoms with E-state index in [0.717, 1.165) is 30.9 Å². The molecule has 1 spiro atoms. The Kier molecular flexibility index (Phi) is 4.08. The van der Waals surface area contributed by atoms with Gasteiger partial charge in [0.25, 0.3) is 0 Å². The van der Waals surface area contributed by atoms with E-state index < -0.39 is 0 Å². The molecule has 5 atom stereocenters. The molecule has 1 aromatic carbocycles. The minimum atomic E-state index is -0.200. The van der Waals surface area contributed by atoms with E-state index in [1.807, 2.05) is 24.3 Å². The minimum Gasteiger partial charge on any atom is -0.481 e. The third kappa shape index (κ3) is 2.41. The number of nitrogens with zero attached hydrogens (tertiary/aromatic N) is 2. The van der Waals surface area contributed by atoms with Crippen molar-refractivity contribution in [2.45, 2.75) is 36.5 Å². The van der Waals surface area contributed by atoms with Crippen molar-refractivity contribution in [1.29, 1.82) is 0 Å². The maximum Gasteiger partial charge on any atom is 0.213 e. The highest BCUT2D eigenvalue weighted by Crippen LogP contribution is 2.62. The second kappa shape index (κ2) is 6.72. The molecule has 1 aromatic heterocycles. The first-order valence-electron chi connectivity index (χ1n) is 10.6. The third-order valence-electron chi connectivity index (χ3n) is 7.34. The van der Waals surface area contributed by atoms with Gasteiger partial charge in [0.1, 0.15) is 6.10 Å². The first kappa shape index (κ1) is 18.2. The van der Waals surface area contributed by atoms with Crippen LogP contribution in [0.25, 0.3) is 0 Å². The molecule has 2 aliphatic heterocycles. The highest BCUT2D eigenvalue weighted by molar-refractivity contribution is 5.62. The Hall–Kier alpha value is -2.57. The van der Waals surface area contributed by atoms with Crippen LogP contribution in [0, 0.1) is 5.92 Å². The lowest BCUT2D eigenvalue weighted by molar-refractivity contribution is -0.0396. The lowest BCUT2D eigenvalue weighted by Crippen LogP contribution is -2.65.